The first kappa shape index (κ1) is 20.0. The predicted octanol–water partition coefficient (Wildman–Crippen LogP) is 5.87. The minimum atomic E-state index is -0.306. The topological polar surface area (TPSA) is 41.5 Å². The van der Waals surface area contributed by atoms with E-state index in [1.54, 1.807) is 12.1 Å². The standard InChI is InChI=1S/C24H27FN2O/c1-16-8-7-9-21(17(16)2)22(24-10-5-4-6-13-26-24)14-19-11-12-20(15-23(19)25)27-18(3)28/h7-13,15,22H,4-6,14H2,1-3H3,(H,27,28). The van der Waals surface area contributed by atoms with Crippen LogP contribution >= 0.6 is 0 Å². The molecule has 1 aliphatic heterocycles. The number of halogens is 1. The van der Waals surface area contributed by atoms with Crippen molar-refractivity contribution < 1.29 is 9.18 Å². The van der Waals surface area contributed by atoms with E-state index >= 15 is 0 Å². The Kier molecular flexibility index (Phi) is 6.40. The van der Waals surface area contributed by atoms with Gasteiger partial charge in [-0.25, -0.2) is 4.39 Å². The number of hydrogen-bond acceptors (Lipinski definition) is 2. The number of rotatable bonds is 5. The van der Waals surface area contributed by atoms with Gasteiger partial charge in [0, 0.05) is 30.4 Å². The minimum absolute atomic E-state index is 0.00429. The molecule has 3 rings (SSSR count). The highest BCUT2D eigenvalue weighted by Gasteiger charge is 2.22. The highest BCUT2D eigenvalue weighted by atomic mass is 19.1. The monoisotopic (exact) mass is 378 g/mol. The maximum Gasteiger partial charge on any atom is 0.221 e. The molecule has 0 bridgehead atoms. The van der Waals surface area contributed by atoms with Crippen LogP contribution in [0.1, 0.15) is 54.4 Å². The first-order chi connectivity index (χ1) is 13.5. The average Bonchev–Trinajstić information content (AvgIpc) is 2.93. The third-order valence-corrected chi connectivity index (χ3v) is 5.31. The first-order valence-electron chi connectivity index (χ1n) is 9.80. The molecule has 1 heterocycles. The normalized spacial score (nSPS) is 14.9. The SMILES string of the molecule is CC(=O)Nc1ccc(CC(C2=CCCCC=N2)c2cccc(C)c2C)c(F)c1. The van der Waals surface area contributed by atoms with E-state index in [2.05, 4.69) is 43.4 Å². The number of amides is 1. The summed E-state index contributed by atoms with van der Waals surface area (Å²) in [6, 6.07) is 11.2. The molecule has 0 radical (unpaired) electrons. The Labute approximate surface area is 166 Å². The van der Waals surface area contributed by atoms with Crippen LogP contribution in [0.15, 0.2) is 53.2 Å². The van der Waals surface area contributed by atoms with E-state index in [1.165, 1.54) is 29.7 Å². The van der Waals surface area contributed by atoms with Gasteiger partial charge in [-0.05, 0) is 73.9 Å². The van der Waals surface area contributed by atoms with Crippen molar-refractivity contribution in [2.45, 2.75) is 52.4 Å². The van der Waals surface area contributed by atoms with Crippen molar-refractivity contribution in [3.05, 3.63) is 76.2 Å². The Morgan fingerprint density at radius 2 is 2.04 bits per heavy atom. The quantitative estimate of drug-likeness (QED) is 0.695. The molecular formula is C24H27FN2O. The highest BCUT2D eigenvalue weighted by Crippen LogP contribution is 2.34. The number of anilines is 1. The van der Waals surface area contributed by atoms with Crippen molar-refractivity contribution in [2.24, 2.45) is 4.99 Å². The second kappa shape index (κ2) is 8.96. The van der Waals surface area contributed by atoms with Crippen LogP contribution in [-0.4, -0.2) is 12.1 Å². The fourth-order valence-electron chi connectivity index (χ4n) is 3.65. The van der Waals surface area contributed by atoms with Gasteiger partial charge < -0.3 is 5.32 Å². The smallest absolute Gasteiger partial charge is 0.221 e. The van der Waals surface area contributed by atoms with Gasteiger partial charge in [-0.2, -0.15) is 0 Å². The van der Waals surface area contributed by atoms with Gasteiger partial charge in [-0.1, -0.05) is 30.3 Å². The molecular weight excluding hydrogens is 351 g/mol. The molecule has 1 unspecified atom stereocenters. The molecule has 4 heteroatoms. The van der Waals surface area contributed by atoms with Crippen molar-refractivity contribution >= 4 is 17.8 Å². The molecule has 0 fully saturated rings. The van der Waals surface area contributed by atoms with Crippen LogP contribution in [0.2, 0.25) is 0 Å². The summed E-state index contributed by atoms with van der Waals surface area (Å²) >= 11 is 0. The molecule has 1 atom stereocenters. The molecule has 0 aromatic heterocycles. The highest BCUT2D eigenvalue weighted by molar-refractivity contribution is 5.88. The van der Waals surface area contributed by atoms with Crippen LogP contribution < -0.4 is 5.32 Å². The summed E-state index contributed by atoms with van der Waals surface area (Å²) in [5, 5.41) is 2.63. The number of aliphatic imine (C=N–C) groups is 1. The second-order valence-electron chi connectivity index (χ2n) is 7.40. The lowest BCUT2D eigenvalue weighted by Crippen LogP contribution is -2.10. The van der Waals surface area contributed by atoms with Crippen molar-refractivity contribution in [1.29, 1.82) is 0 Å². The molecule has 2 aromatic carbocycles. The molecule has 1 aliphatic rings. The van der Waals surface area contributed by atoms with E-state index in [9.17, 15) is 9.18 Å². The average molecular weight is 378 g/mol. The molecule has 28 heavy (non-hydrogen) atoms. The molecule has 1 amide bonds. The minimum Gasteiger partial charge on any atom is -0.326 e. The summed E-state index contributed by atoms with van der Waals surface area (Å²) in [5.74, 6) is -0.520. The van der Waals surface area contributed by atoms with Gasteiger partial charge in [0.1, 0.15) is 5.82 Å². The maximum absolute atomic E-state index is 14.8. The van der Waals surface area contributed by atoms with Gasteiger partial charge in [-0.3, -0.25) is 9.79 Å². The van der Waals surface area contributed by atoms with Gasteiger partial charge in [0.15, 0.2) is 0 Å². The number of aryl methyl sites for hydroxylation is 1. The number of carbonyl (C=O) groups excluding carboxylic acids is 1. The van der Waals surface area contributed by atoms with Crippen LogP contribution in [0.3, 0.4) is 0 Å². The van der Waals surface area contributed by atoms with Crippen LogP contribution in [0, 0.1) is 19.7 Å². The third-order valence-electron chi connectivity index (χ3n) is 5.31. The summed E-state index contributed by atoms with van der Waals surface area (Å²) in [6.45, 7) is 5.64. The summed E-state index contributed by atoms with van der Waals surface area (Å²) in [6.07, 6.45) is 7.75. The van der Waals surface area contributed by atoms with Gasteiger partial charge in [-0.15, -0.1) is 0 Å². The maximum atomic E-state index is 14.8. The molecule has 0 saturated heterocycles. The number of allylic oxidation sites excluding steroid dienone is 2. The Morgan fingerprint density at radius 1 is 1.21 bits per heavy atom. The lowest BCUT2D eigenvalue weighted by atomic mass is 9.85. The molecule has 0 saturated carbocycles. The van der Waals surface area contributed by atoms with Crippen molar-refractivity contribution in [3.63, 3.8) is 0 Å². The van der Waals surface area contributed by atoms with E-state index in [-0.39, 0.29) is 17.6 Å². The molecule has 146 valence electrons. The fourth-order valence-corrected chi connectivity index (χ4v) is 3.65. The van der Waals surface area contributed by atoms with Crippen LogP contribution in [0.25, 0.3) is 0 Å². The summed E-state index contributed by atoms with van der Waals surface area (Å²) in [4.78, 5) is 15.9. The van der Waals surface area contributed by atoms with Gasteiger partial charge in [0.25, 0.3) is 0 Å². The van der Waals surface area contributed by atoms with E-state index in [0.717, 1.165) is 25.0 Å². The predicted molar refractivity (Wildman–Crippen MR) is 113 cm³/mol. The zero-order valence-electron chi connectivity index (χ0n) is 16.8. The van der Waals surface area contributed by atoms with Crippen molar-refractivity contribution in [1.82, 2.24) is 0 Å². The molecule has 2 aromatic rings. The molecule has 0 aliphatic carbocycles. The first-order valence-corrected chi connectivity index (χ1v) is 9.80. The summed E-state index contributed by atoms with van der Waals surface area (Å²) < 4.78 is 14.8. The van der Waals surface area contributed by atoms with Crippen LogP contribution in [0.4, 0.5) is 10.1 Å². The van der Waals surface area contributed by atoms with E-state index in [0.29, 0.717) is 17.7 Å². The molecule has 3 nitrogen and oxygen atoms in total. The summed E-state index contributed by atoms with van der Waals surface area (Å²) in [5.41, 5.74) is 5.75. The van der Waals surface area contributed by atoms with Crippen LogP contribution in [-0.2, 0) is 11.2 Å². The van der Waals surface area contributed by atoms with Gasteiger partial charge in [0.2, 0.25) is 5.91 Å². The number of nitrogens with zero attached hydrogens (tertiary/aromatic N) is 1. The molecule has 0 spiro atoms. The van der Waals surface area contributed by atoms with E-state index in [1.807, 2.05) is 6.21 Å². The number of carbonyl (C=O) groups is 1. The zero-order chi connectivity index (χ0) is 20.1. The van der Waals surface area contributed by atoms with Gasteiger partial charge >= 0.3 is 0 Å². The van der Waals surface area contributed by atoms with E-state index in [4.69, 9.17) is 4.99 Å². The second-order valence-corrected chi connectivity index (χ2v) is 7.40. The van der Waals surface area contributed by atoms with Crippen molar-refractivity contribution in [3.8, 4) is 0 Å². The van der Waals surface area contributed by atoms with E-state index < -0.39 is 0 Å². The zero-order valence-corrected chi connectivity index (χ0v) is 16.8. The third kappa shape index (κ3) is 4.75. The van der Waals surface area contributed by atoms with Gasteiger partial charge in [0.05, 0.1) is 0 Å². The lowest BCUT2D eigenvalue weighted by Gasteiger charge is -2.22. The Balaban J connectivity index is 1.99. The Hall–Kier alpha value is -2.75. The van der Waals surface area contributed by atoms with Crippen molar-refractivity contribution in [2.75, 3.05) is 5.32 Å². The number of hydrogen-bond donors (Lipinski definition) is 1. The fraction of sp³-hybridized carbons (Fsp3) is 0.333. The molecule has 1 N–H and O–H groups in total. The number of nitrogens with one attached hydrogen (secondary N) is 1. The Bertz CT molecular complexity index is 930. The summed E-state index contributed by atoms with van der Waals surface area (Å²) in [7, 11) is 0. The number of benzene rings is 2. The Morgan fingerprint density at radius 3 is 2.79 bits per heavy atom. The lowest BCUT2D eigenvalue weighted by molar-refractivity contribution is -0.114. The largest absolute Gasteiger partial charge is 0.326 e. The van der Waals surface area contributed by atoms with Crippen LogP contribution in [0.5, 0.6) is 0 Å².